The van der Waals surface area contributed by atoms with Crippen molar-refractivity contribution >= 4 is 18.2 Å². The highest BCUT2D eigenvalue weighted by Gasteiger charge is 2.33. The number of nitrogens with one attached hydrogen (secondary N) is 1. The van der Waals surface area contributed by atoms with E-state index < -0.39 is 23.7 Å². The second-order valence-corrected chi connectivity index (χ2v) is 10.5. The van der Waals surface area contributed by atoms with Crippen LogP contribution >= 0.6 is 0 Å². The van der Waals surface area contributed by atoms with Gasteiger partial charge in [0.25, 0.3) is 0 Å². The highest BCUT2D eigenvalue weighted by atomic mass is 16.6. The van der Waals surface area contributed by atoms with Crippen LogP contribution < -0.4 is 10.1 Å². The number of hydrogen-bond acceptors (Lipinski definition) is 8. The molecule has 2 heterocycles. The standard InChI is InChI=1S/C26H39N3O7/c1-26(2,3)36-24(31)27-22(23(30)33-5)14-18-6-8-20(9-7-18)34-17-21-16-29(25(32)35-21)15-19-10-12-28(4)13-11-19/h6-9,19,21-22H,10-17H2,1-5H3,(H,27,31). The molecule has 10 heteroatoms. The van der Waals surface area contributed by atoms with Crippen LogP contribution in [0.15, 0.2) is 24.3 Å². The summed E-state index contributed by atoms with van der Waals surface area (Å²) in [5.41, 5.74) is 0.131. The second kappa shape index (κ2) is 12.3. The van der Waals surface area contributed by atoms with Crippen molar-refractivity contribution in [2.75, 3.05) is 46.9 Å². The minimum absolute atomic E-state index is 0.234. The third-order valence-corrected chi connectivity index (χ3v) is 6.24. The monoisotopic (exact) mass is 505 g/mol. The first-order valence-electron chi connectivity index (χ1n) is 12.5. The van der Waals surface area contributed by atoms with Crippen LogP contribution in [-0.4, -0.2) is 92.6 Å². The Bertz CT molecular complexity index is 892. The van der Waals surface area contributed by atoms with Gasteiger partial charge in [0.15, 0.2) is 6.10 Å². The van der Waals surface area contributed by atoms with Crippen LogP contribution in [-0.2, 0) is 25.4 Å². The highest BCUT2D eigenvalue weighted by molar-refractivity contribution is 5.81. The van der Waals surface area contributed by atoms with Gasteiger partial charge in [0.2, 0.25) is 0 Å². The van der Waals surface area contributed by atoms with Crippen LogP contribution in [0.3, 0.4) is 0 Å². The maximum Gasteiger partial charge on any atom is 0.410 e. The lowest BCUT2D eigenvalue weighted by atomic mass is 9.96. The van der Waals surface area contributed by atoms with E-state index in [9.17, 15) is 14.4 Å². The first-order chi connectivity index (χ1) is 17.0. The zero-order valence-corrected chi connectivity index (χ0v) is 22.0. The molecule has 2 saturated heterocycles. The number of nitrogens with zero attached hydrogens (tertiary/aromatic N) is 2. The summed E-state index contributed by atoms with van der Waals surface area (Å²) in [5.74, 6) is 0.576. The molecule has 2 atom stereocenters. The Balaban J connectivity index is 1.46. The molecule has 2 aliphatic heterocycles. The van der Waals surface area contributed by atoms with E-state index in [0.717, 1.165) is 38.0 Å². The van der Waals surface area contributed by atoms with Crippen molar-refractivity contribution in [1.82, 2.24) is 15.1 Å². The summed E-state index contributed by atoms with van der Waals surface area (Å²) in [7, 11) is 3.40. The zero-order chi connectivity index (χ0) is 26.3. The topological polar surface area (TPSA) is 107 Å². The van der Waals surface area contributed by atoms with Gasteiger partial charge in [-0.15, -0.1) is 0 Å². The Morgan fingerprint density at radius 3 is 2.44 bits per heavy atom. The average molecular weight is 506 g/mol. The Morgan fingerprint density at radius 1 is 1.17 bits per heavy atom. The third-order valence-electron chi connectivity index (χ3n) is 6.24. The number of piperidine rings is 1. The number of cyclic esters (lactones) is 1. The molecule has 10 nitrogen and oxygen atoms in total. The molecule has 0 saturated carbocycles. The zero-order valence-electron chi connectivity index (χ0n) is 22.0. The molecule has 0 spiro atoms. The van der Waals surface area contributed by atoms with Gasteiger partial charge in [0.05, 0.1) is 13.7 Å². The Morgan fingerprint density at radius 2 is 1.83 bits per heavy atom. The van der Waals surface area contributed by atoms with Crippen molar-refractivity contribution in [1.29, 1.82) is 0 Å². The number of methoxy groups -OCH3 is 1. The lowest BCUT2D eigenvalue weighted by molar-refractivity contribution is -0.143. The summed E-state index contributed by atoms with van der Waals surface area (Å²) < 4.78 is 21.4. The van der Waals surface area contributed by atoms with E-state index >= 15 is 0 Å². The second-order valence-electron chi connectivity index (χ2n) is 10.5. The van der Waals surface area contributed by atoms with E-state index in [1.54, 1.807) is 37.8 Å². The number of carbonyl (C=O) groups is 3. The molecule has 1 aromatic carbocycles. The molecule has 0 radical (unpaired) electrons. The predicted molar refractivity (Wildman–Crippen MR) is 133 cm³/mol. The number of ether oxygens (including phenoxy) is 4. The average Bonchev–Trinajstić information content (AvgIpc) is 3.16. The van der Waals surface area contributed by atoms with Crippen LogP contribution in [0.5, 0.6) is 5.75 Å². The molecular weight excluding hydrogens is 466 g/mol. The summed E-state index contributed by atoms with van der Waals surface area (Å²) in [5, 5.41) is 2.57. The molecule has 36 heavy (non-hydrogen) atoms. The summed E-state index contributed by atoms with van der Waals surface area (Å²) >= 11 is 0. The molecule has 0 bridgehead atoms. The fourth-order valence-electron chi connectivity index (χ4n) is 4.30. The maximum absolute atomic E-state index is 12.3. The number of hydrogen-bond donors (Lipinski definition) is 1. The molecule has 1 aromatic rings. The maximum atomic E-state index is 12.3. The van der Waals surface area contributed by atoms with Gasteiger partial charge in [-0.25, -0.2) is 14.4 Å². The molecule has 1 N–H and O–H groups in total. The van der Waals surface area contributed by atoms with E-state index in [0.29, 0.717) is 18.2 Å². The summed E-state index contributed by atoms with van der Waals surface area (Å²) in [4.78, 5) is 40.7. The number of carbonyl (C=O) groups excluding carboxylic acids is 3. The largest absolute Gasteiger partial charge is 0.490 e. The summed E-state index contributed by atoms with van der Waals surface area (Å²) in [6, 6.07) is 6.31. The molecule has 2 aliphatic rings. The van der Waals surface area contributed by atoms with Gasteiger partial charge in [-0.3, -0.25) is 0 Å². The lowest BCUT2D eigenvalue weighted by Crippen LogP contribution is -2.45. The number of esters is 1. The van der Waals surface area contributed by atoms with E-state index in [2.05, 4.69) is 17.3 Å². The fourth-order valence-corrected chi connectivity index (χ4v) is 4.30. The SMILES string of the molecule is COC(=O)C(Cc1ccc(OCC2CN(CC3CCN(C)CC3)C(=O)O2)cc1)NC(=O)OC(C)(C)C. The Labute approximate surface area is 213 Å². The quantitative estimate of drug-likeness (QED) is 0.403. The smallest absolute Gasteiger partial charge is 0.410 e. The van der Waals surface area contributed by atoms with Gasteiger partial charge in [-0.2, -0.15) is 0 Å². The number of alkyl carbamates (subject to hydrolysis) is 1. The number of likely N-dealkylation sites (tertiary alicyclic amines) is 1. The molecule has 0 aliphatic carbocycles. The predicted octanol–water partition coefficient (Wildman–Crippen LogP) is 2.84. The Kier molecular flexibility index (Phi) is 9.42. The van der Waals surface area contributed by atoms with Gasteiger partial charge in [0, 0.05) is 13.0 Å². The third kappa shape index (κ3) is 8.58. The molecule has 2 unspecified atom stereocenters. The van der Waals surface area contributed by atoms with Crippen LogP contribution in [0.1, 0.15) is 39.2 Å². The van der Waals surface area contributed by atoms with Gasteiger partial charge in [0.1, 0.15) is 24.0 Å². The first kappa shape index (κ1) is 27.6. The highest BCUT2D eigenvalue weighted by Crippen LogP contribution is 2.22. The minimum Gasteiger partial charge on any atom is -0.490 e. The first-order valence-corrected chi connectivity index (χ1v) is 12.5. The van der Waals surface area contributed by atoms with Crippen molar-refractivity contribution in [3.63, 3.8) is 0 Å². The molecular formula is C26H39N3O7. The van der Waals surface area contributed by atoms with Crippen LogP contribution in [0.25, 0.3) is 0 Å². The summed E-state index contributed by atoms with van der Waals surface area (Å²) in [6.45, 7) is 8.90. The molecule has 200 valence electrons. The summed E-state index contributed by atoms with van der Waals surface area (Å²) in [6.07, 6.45) is 1.15. The van der Waals surface area contributed by atoms with E-state index in [1.165, 1.54) is 7.11 Å². The minimum atomic E-state index is -0.884. The van der Waals surface area contributed by atoms with E-state index in [4.69, 9.17) is 18.9 Å². The molecule has 2 fully saturated rings. The van der Waals surface area contributed by atoms with Crippen molar-refractivity contribution < 1.29 is 33.3 Å². The Hall–Kier alpha value is -3.01. The van der Waals surface area contributed by atoms with Crippen molar-refractivity contribution in [2.45, 2.75) is 57.8 Å². The number of benzene rings is 1. The van der Waals surface area contributed by atoms with Crippen molar-refractivity contribution in [3.05, 3.63) is 29.8 Å². The van der Waals surface area contributed by atoms with Gasteiger partial charge >= 0.3 is 18.2 Å². The normalized spacial score (nSPS) is 20.0. The van der Waals surface area contributed by atoms with E-state index in [-0.39, 0.29) is 25.2 Å². The molecule has 2 amide bonds. The van der Waals surface area contributed by atoms with Gasteiger partial charge in [-0.05, 0) is 77.4 Å². The van der Waals surface area contributed by atoms with Crippen LogP contribution in [0.4, 0.5) is 9.59 Å². The fraction of sp³-hybridized carbons (Fsp3) is 0.654. The molecule has 3 rings (SSSR count). The van der Waals surface area contributed by atoms with Crippen LogP contribution in [0.2, 0.25) is 0 Å². The van der Waals surface area contributed by atoms with Crippen molar-refractivity contribution in [3.8, 4) is 5.75 Å². The van der Waals surface area contributed by atoms with Crippen molar-refractivity contribution in [2.24, 2.45) is 5.92 Å². The number of rotatable bonds is 9. The van der Waals surface area contributed by atoms with Gasteiger partial charge in [-0.1, -0.05) is 12.1 Å². The van der Waals surface area contributed by atoms with Gasteiger partial charge < -0.3 is 34.1 Å². The van der Waals surface area contributed by atoms with Crippen LogP contribution in [0, 0.1) is 5.92 Å². The molecule has 0 aromatic heterocycles. The number of amides is 2. The lowest BCUT2D eigenvalue weighted by Gasteiger charge is -2.30. The van der Waals surface area contributed by atoms with E-state index in [1.807, 2.05) is 12.1 Å².